The second-order valence-electron chi connectivity index (χ2n) is 7.93. The second kappa shape index (κ2) is 7.86. The molecular formula is C24H27N5O. The summed E-state index contributed by atoms with van der Waals surface area (Å²) in [6.07, 6.45) is 3.54. The van der Waals surface area contributed by atoms with Gasteiger partial charge in [0.1, 0.15) is 0 Å². The Labute approximate surface area is 176 Å². The molecule has 1 aliphatic heterocycles. The third-order valence-electron chi connectivity index (χ3n) is 6.08. The number of benzene rings is 2. The lowest BCUT2D eigenvalue weighted by Gasteiger charge is -2.21. The van der Waals surface area contributed by atoms with Gasteiger partial charge in [-0.3, -0.25) is 4.79 Å². The Morgan fingerprint density at radius 1 is 1.03 bits per heavy atom. The van der Waals surface area contributed by atoms with E-state index in [1.807, 2.05) is 35.2 Å². The van der Waals surface area contributed by atoms with Crippen LogP contribution in [0, 0.1) is 0 Å². The molecule has 6 heteroatoms. The maximum Gasteiger partial charge on any atom is 0.227 e. The average Bonchev–Trinajstić information content (AvgIpc) is 3.26. The van der Waals surface area contributed by atoms with Crippen LogP contribution in [0.5, 0.6) is 0 Å². The van der Waals surface area contributed by atoms with Gasteiger partial charge in [-0.25, -0.2) is 4.98 Å². The molecule has 0 radical (unpaired) electrons. The molecule has 0 bridgehead atoms. The van der Waals surface area contributed by atoms with Gasteiger partial charge >= 0.3 is 0 Å². The van der Waals surface area contributed by atoms with E-state index in [0.717, 1.165) is 61.7 Å². The highest BCUT2D eigenvalue weighted by atomic mass is 16.2. The number of aryl methyl sites for hydroxylation is 1. The van der Waals surface area contributed by atoms with Crippen LogP contribution >= 0.6 is 0 Å². The maximum absolute atomic E-state index is 13.1. The number of nitrogens with zero attached hydrogens (tertiary/aromatic N) is 4. The largest absolute Gasteiger partial charge is 0.347 e. The van der Waals surface area contributed by atoms with Gasteiger partial charge in [0.2, 0.25) is 11.9 Å². The predicted octanol–water partition coefficient (Wildman–Crippen LogP) is 3.82. The van der Waals surface area contributed by atoms with Gasteiger partial charge in [-0.2, -0.15) is 0 Å². The molecule has 2 aromatic heterocycles. The number of rotatable bonds is 4. The van der Waals surface area contributed by atoms with Crippen LogP contribution < -0.4 is 4.90 Å². The molecule has 5 rings (SSSR count). The van der Waals surface area contributed by atoms with Crippen LogP contribution in [0.2, 0.25) is 0 Å². The fraction of sp³-hybridized carbons (Fsp3) is 0.333. The number of imidazole rings is 1. The molecule has 3 heterocycles. The lowest BCUT2D eigenvalue weighted by molar-refractivity contribution is -0.130. The van der Waals surface area contributed by atoms with Gasteiger partial charge in [0.05, 0.1) is 17.5 Å². The number of para-hydroxylation sites is 3. The van der Waals surface area contributed by atoms with Crippen LogP contribution in [0.25, 0.3) is 21.9 Å². The number of H-pyrrole nitrogens is 1. The monoisotopic (exact) mass is 401 g/mol. The van der Waals surface area contributed by atoms with Crippen LogP contribution in [0.4, 0.5) is 5.95 Å². The summed E-state index contributed by atoms with van der Waals surface area (Å²) in [6.45, 7) is 6.26. The summed E-state index contributed by atoms with van der Waals surface area (Å²) in [4.78, 5) is 25.5. The van der Waals surface area contributed by atoms with E-state index in [0.29, 0.717) is 6.42 Å². The summed E-state index contributed by atoms with van der Waals surface area (Å²) in [5.74, 6) is 1.11. The zero-order valence-electron chi connectivity index (χ0n) is 17.3. The number of anilines is 1. The minimum absolute atomic E-state index is 0.209. The topological polar surface area (TPSA) is 57.2 Å². The van der Waals surface area contributed by atoms with Crippen molar-refractivity contribution >= 4 is 33.8 Å². The van der Waals surface area contributed by atoms with Gasteiger partial charge in [0.25, 0.3) is 0 Å². The summed E-state index contributed by atoms with van der Waals surface area (Å²) in [5.41, 5.74) is 4.36. The fourth-order valence-corrected chi connectivity index (χ4v) is 4.47. The van der Waals surface area contributed by atoms with E-state index in [4.69, 9.17) is 4.98 Å². The third kappa shape index (κ3) is 3.43. The van der Waals surface area contributed by atoms with Crippen molar-refractivity contribution in [2.45, 2.75) is 26.3 Å². The zero-order valence-corrected chi connectivity index (χ0v) is 17.3. The number of hydrogen-bond donors (Lipinski definition) is 1. The molecule has 4 aromatic rings. The van der Waals surface area contributed by atoms with Gasteiger partial charge < -0.3 is 19.4 Å². The van der Waals surface area contributed by atoms with Gasteiger partial charge in [0.15, 0.2) is 0 Å². The van der Waals surface area contributed by atoms with E-state index in [9.17, 15) is 4.79 Å². The van der Waals surface area contributed by atoms with E-state index in [1.54, 1.807) is 0 Å². The highest BCUT2D eigenvalue weighted by Gasteiger charge is 2.22. The number of nitrogens with one attached hydrogen (secondary N) is 1. The molecule has 1 aliphatic rings. The number of carbonyl (C=O) groups excluding carboxylic acids is 1. The van der Waals surface area contributed by atoms with Crippen LogP contribution in [0.1, 0.15) is 18.9 Å². The van der Waals surface area contributed by atoms with E-state index < -0.39 is 0 Å². The Bertz CT molecular complexity index is 1160. The Morgan fingerprint density at radius 2 is 1.87 bits per heavy atom. The van der Waals surface area contributed by atoms with Crippen LogP contribution in [0.3, 0.4) is 0 Å². The molecular weight excluding hydrogens is 374 g/mol. The molecule has 0 saturated carbocycles. The molecule has 0 atom stereocenters. The number of aromatic amines is 1. The van der Waals surface area contributed by atoms with Crippen molar-refractivity contribution in [3.05, 3.63) is 60.3 Å². The molecule has 30 heavy (non-hydrogen) atoms. The lowest BCUT2D eigenvalue weighted by atomic mass is 10.1. The average molecular weight is 402 g/mol. The summed E-state index contributed by atoms with van der Waals surface area (Å²) < 4.78 is 2.23. The van der Waals surface area contributed by atoms with Crippen LogP contribution in [-0.2, 0) is 17.8 Å². The van der Waals surface area contributed by atoms with Crippen molar-refractivity contribution < 1.29 is 4.79 Å². The van der Waals surface area contributed by atoms with Crippen molar-refractivity contribution in [1.82, 2.24) is 19.4 Å². The quantitative estimate of drug-likeness (QED) is 0.566. The summed E-state index contributed by atoms with van der Waals surface area (Å²) >= 11 is 0. The molecule has 1 amide bonds. The van der Waals surface area contributed by atoms with Crippen molar-refractivity contribution in [1.29, 1.82) is 0 Å². The van der Waals surface area contributed by atoms with Gasteiger partial charge in [0, 0.05) is 49.8 Å². The number of carbonyl (C=O) groups is 1. The van der Waals surface area contributed by atoms with Gasteiger partial charge in [-0.1, -0.05) is 30.3 Å². The van der Waals surface area contributed by atoms with Crippen molar-refractivity contribution in [3.8, 4) is 0 Å². The van der Waals surface area contributed by atoms with Crippen LogP contribution in [0.15, 0.2) is 54.7 Å². The molecule has 0 spiro atoms. The molecule has 0 unspecified atom stereocenters. The summed E-state index contributed by atoms with van der Waals surface area (Å²) in [5, 5.41) is 1.19. The smallest absolute Gasteiger partial charge is 0.227 e. The first-order valence-electron chi connectivity index (χ1n) is 10.8. The minimum atomic E-state index is 0.209. The molecule has 6 nitrogen and oxygen atoms in total. The Morgan fingerprint density at radius 3 is 2.73 bits per heavy atom. The fourth-order valence-electron chi connectivity index (χ4n) is 4.47. The van der Waals surface area contributed by atoms with Gasteiger partial charge in [-0.05, 0) is 37.1 Å². The number of aromatic nitrogens is 3. The Balaban J connectivity index is 1.29. The normalized spacial score (nSPS) is 15.1. The Hall–Kier alpha value is -3.28. The number of hydrogen-bond acceptors (Lipinski definition) is 3. The zero-order chi connectivity index (χ0) is 20.5. The molecule has 2 aromatic carbocycles. The van der Waals surface area contributed by atoms with E-state index in [1.165, 1.54) is 10.9 Å². The van der Waals surface area contributed by atoms with Crippen molar-refractivity contribution in [2.75, 3.05) is 31.1 Å². The van der Waals surface area contributed by atoms with E-state index >= 15 is 0 Å². The molecule has 1 fully saturated rings. The van der Waals surface area contributed by atoms with E-state index in [-0.39, 0.29) is 5.91 Å². The van der Waals surface area contributed by atoms with E-state index in [2.05, 4.69) is 45.8 Å². The molecule has 154 valence electrons. The van der Waals surface area contributed by atoms with Crippen molar-refractivity contribution in [2.24, 2.45) is 0 Å². The number of fused-ring (bicyclic) bond motifs is 2. The highest BCUT2D eigenvalue weighted by Crippen LogP contribution is 2.23. The molecule has 1 N–H and O–H groups in total. The second-order valence-corrected chi connectivity index (χ2v) is 7.93. The highest BCUT2D eigenvalue weighted by molar-refractivity contribution is 5.89. The SMILES string of the molecule is CCn1cc(CC(=O)N2CCCN(c3nc4ccccc4[nH]3)CC2)c2ccccc21. The first kappa shape index (κ1) is 18.7. The third-order valence-corrected chi connectivity index (χ3v) is 6.08. The first-order valence-corrected chi connectivity index (χ1v) is 10.8. The predicted molar refractivity (Wildman–Crippen MR) is 121 cm³/mol. The van der Waals surface area contributed by atoms with Crippen LogP contribution in [-0.4, -0.2) is 51.5 Å². The maximum atomic E-state index is 13.1. The lowest BCUT2D eigenvalue weighted by Crippen LogP contribution is -2.36. The number of amides is 1. The molecule has 0 aliphatic carbocycles. The van der Waals surface area contributed by atoms with Gasteiger partial charge in [-0.15, -0.1) is 0 Å². The first-order chi connectivity index (χ1) is 14.7. The summed E-state index contributed by atoms with van der Waals surface area (Å²) in [7, 11) is 0. The minimum Gasteiger partial charge on any atom is -0.347 e. The summed E-state index contributed by atoms with van der Waals surface area (Å²) in [6, 6.07) is 16.4. The Kier molecular flexibility index (Phi) is 4.91. The standard InChI is InChI=1S/C24H27N5O/c1-2-27-17-18(19-8-3-6-11-22(19)27)16-23(30)28-12-7-13-29(15-14-28)24-25-20-9-4-5-10-21(20)26-24/h3-6,8-11,17H,2,7,12-16H2,1H3,(H,25,26). The molecule has 1 saturated heterocycles. The van der Waals surface area contributed by atoms with Crippen molar-refractivity contribution in [3.63, 3.8) is 0 Å².